The van der Waals surface area contributed by atoms with Crippen LogP contribution in [0.5, 0.6) is 0 Å². The van der Waals surface area contributed by atoms with Crippen LogP contribution in [0.1, 0.15) is 6.92 Å². The van der Waals surface area contributed by atoms with Crippen molar-refractivity contribution in [3.63, 3.8) is 0 Å². The maximum Gasteiger partial charge on any atom is 0.226 e. The Morgan fingerprint density at radius 3 is 2.95 bits per heavy atom. The highest BCUT2D eigenvalue weighted by Crippen LogP contribution is 2.29. The molecule has 0 aliphatic heterocycles. The van der Waals surface area contributed by atoms with E-state index in [1.807, 2.05) is 6.92 Å². The molecule has 0 amide bonds. The Morgan fingerprint density at radius 2 is 2.19 bits per heavy atom. The van der Waals surface area contributed by atoms with Crippen LogP contribution in [0.25, 0.3) is 11.2 Å². The summed E-state index contributed by atoms with van der Waals surface area (Å²) in [6, 6.07) is 4.47. The highest BCUT2D eigenvalue weighted by molar-refractivity contribution is 6.33. The summed E-state index contributed by atoms with van der Waals surface area (Å²) in [5.41, 5.74) is 1.23. The lowest BCUT2D eigenvalue weighted by Crippen LogP contribution is -2.06. The molecule has 108 valence electrons. The van der Waals surface area contributed by atoms with Crippen LogP contribution < -0.4 is 10.6 Å². The molecule has 3 aromatic rings. The van der Waals surface area contributed by atoms with Gasteiger partial charge in [0.1, 0.15) is 11.3 Å². The van der Waals surface area contributed by atoms with Crippen LogP contribution >= 0.6 is 11.6 Å². The van der Waals surface area contributed by atoms with Crippen LogP contribution in [0.2, 0.25) is 5.02 Å². The van der Waals surface area contributed by atoms with Gasteiger partial charge in [0.15, 0.2) is 11.5 Å². The number of aromatic nitrogens is 4. The third-order valence-electron chi connectivity index (χ3n) is 2.83. The zero-order valence-corrected chi connectivity index (χ0v) is 11.9. The second-order valence-corrected chi connectivity index (χ2v) is 4.66. The van der Waals surface area contributed by atoms with E-state index in [2.05, 4.69) is 30.6 Å². The molecule has 6 nitrogen and oxygen atoms in total. The van der Waals surface area contributed by atoms with Gasteiger partial charge in [0, 0.05) is 6.54 Å². The summed E-state index contributed by atoms with van der Waals surface area (Å²) in [7, 11) is 0. The highest BCUT2D eigenvalue weighted by atomic mass is 35.5. The quantitative estimate of drug-likeness (QED) is 0.689. The Morgan fingerprint density at radius 1 is 1.33 bits per heavy atom. The van der Waals surface area contributed by atoms with Gasteiger partial charge in [-0.05, 0) is 19.1 Å². The number of hydrogen-bond acceptors (Lipinski definition) is 5. The smallest absolute Gasteiger partial charge is 0.226 e. The summed E-state index contributed by atoms with van der Waals surface area (Å²) < 4.78 is 13.9. The van der Waals surface area contributed by atoms with Crippen molar-refractivity contribution < 1.29 is 4.39 Å². The van der Waals surface area contributed by atoms with Gasteiger partial charge < -0.3 is 15.6 Å². The Kier molecular flexibility index (Phi) is 3.57. The molecule has 0 spiro atoms. The average molecular weight is 307 g/mol. The molecule has 3 rings (SSSR count). The number of nitrogens with one attached hydrogen (secondary N) is 3. The third-order valence-corrected chi connectivity index (χ3v) is 3.14. The normalized spacial score (nSPS) is 10.8. The molecule has 0 saturated heterocycles. The maximum absolute atomic E-state index is 13.9. The molecule has 2 heterocycles. The summed E-state index contributed by atoms with van der Waals surface area (Å²) in [6.45, 7) is 2.59. The standard InChI is InChI=1S/C13H12ClFN6/c1-2-16-13-20-11-10(17-6-18-11)12(21-13)19-9-7(14)4-3-5-8(9)15/h3-6H,2H2,1H3,(H3,16,17,18,19,20,21). The van der Waals surface area contributed by atoms with Crippen molar-refractivity contribution in [2.24, 2.45) is 0 Å². The zero-order valence-electron chi connectivity index (χ0n) is 11.1. The Labute approximate surface area is 124 Å². The van der Waals surface area contributed by atoms with Gasteiger partial charge in [-0.3, -0.25) is 0 Å². The molecule has 0 aliphatic carbocycles. The number of rotatable bonds is 4. The molecule has 8 heteroatoms. The molecule has 0 bridgehead atoms. The second-order valence-electron chi connectivity index (χ2n) is 4.25. The largest absolute Gasteiger partial charge is 0.354 e. The van der Waals surface area contributed by atoms with E-state index in [0.717, 1.165) is 0 Å². The lowest BCUT2D eigenvalue weighted by molar-refractivity contribution is 0.632. The number of aromatic amines is 1. The molecule has 21 heavy (non-hydrogen) atoms. The zero-order chi connectivity index (χ0) is 14.8. The number of para-hydroxylation sites is 1. The molecule has 2 aromatic heterocycles. The molecule has 0 unspecified atom stereocenters. The van der Waals surface area contributed by atoms with E-state index >= 15 is 0 Å². The van der Waals surface area contributed by atoms with E-state index in [9.17, 15) is 4.39 Å². The van der Waals surface area contributed by atoms with Crippen molar-refractivity contribution in [3.05, 3.63) is 35.4 Å². The van der Waals surface area contributed by atoms with Crippen molar-refractivity contribution in [3.8, 4) is 0 Å². The van der Waals surface area contributed by atoms with Crippen LogP contribution in [-0.4, -0.2) is 26.5 Å². The number of H-pyrrole nitrogens is 1. The molecular formula is C13H12ClFN6. The van der Waals surface area contributed by atoms with Gasteiger partial charge in [-0.25, -0.2) is 9.37 Å². The molecule has 1 aromatic carbocycles. The summed E-state index contributed by atoms with van der Waals surface area (Å²) in [5, 5.41) is 6.17. The monoisotopic (exact) mass is 306 g/mol. The molecule has 0 radical (unpaired) electrons. The Bertz CT molecular complexity index is 767. The van der Waals surface area contributed by atoms with Gasteiger partial charge in [0.2, 0.25) is 5.95 Å². The maximum atomic E-state index is 13.9. The minimum atomic E-state index is -0.459. The fourth-order valence-electron chi connectivity index (χ4n) is 1.90. The first-order valence-corrected chi connectivity index (χ1v) is 6.73. The molecule has 0 aliphatic rings. The second kappa shape index (κ2) is 5.53. The van der Waals surface area contributed by atoms with E-state index in [1.165, 1.54) is 12.4 Å². The minimum absolute atomic E-state index is 0.163. The SMILES string of the molecule is CCNc1nc(Nc2c(F)cccc2Cl)c2[nH]cnc2n1. The van der Waals surface area contributed by atoms with Crippen molar-refractivity contribution >= 4 is 40.2 Å². The van der Waals surface area contributed by atoms with E-state index in [4.69, 9.17) is 11.6 Å². The van der Waals surface area contributed by atoms with E-state index in [-0.39, 0.29) is 10.7 Å². The number of nitrogens with zero attached hydrogens (tertiary/aromatic N) is 3. The van der Waals surface area contributed by atoms with Crippen LogP contribution in [-0.2, 0) is 0 Å². The first-order chi connectivity index (χ1) is 10.2. The first kappa shape index (κ1) is 13.6. The van der Waals surface area contributed by atoms with Crippen LogP contribution in [0.3, 0.4) is 0 Å². The molecule has 0 fully saturated rings. The average Bonchev–Trinajstić information content (AvgIpc) is 2.92. The van der Waals surface area contributed by atoms with Crippen molar-refractivity contribution in [2.45, 2.75) is 6.92 Å². The fourth-order valence-corrected chi connectivity index (χ4v) is 2.11. The minimum Gasteiger partial charge on any atom is -0.354 e. The van der Waals surface area contributed by atoms with E-state index in [0.29, 0.717) is 29.5 Å². The Hall–Kier alpha value is -2.41. The van der Waals surface area contributed by atoms with Crippen molar-refractivity contribution in [1.29, 1.82) is 0 Å². The summed E-state index contributed by atoms with van der Waals surface area (Å²) >= 11 is 6.02. The van der Waals surface area contributed by atoms with Crippen molar-refractivity contribution in [2.75, 3.05) is 17.2 Å². The molecule has 3 N–H and O–H groups in total. The van der Waals surface area contributed by atoms with E-state index < -0.39 is 5.82 Å². The molecule has 0 saturated carbocycles. The van der Waals surface area contributed by atoms with Crippen LogP contribution in [0.15, 0.2) is 24.5 Å². The third kappa shape index (κ3) is 2.59. The van der Waals surface area contributed by atoms with Gasteiger partial charge >= 0.3 is 0 Å². The molecule has 0 atom stereocenters. The number of fused-ring (bicyclic) bond motifs is 1. The predicted octanol–water partition coefficient (Wildman–Crippen LogP) is 3.32. The lowest BCUT2D eigenvalue weighted by Gasteiger charge is -2.10. The van der Waals surface area contributed by atoms with Gasteiger partial charge in [-0.2, -0.15) is 9.97 Å². The summed E-state index contributed by atoms with van der Waals surface area (Å²) in [4.78, 5) is 15.6. The van der Waals surface area contributed by atoms with Gasteiger partial charge in [-0.1, -0.05) is 17.7 Å². The number of halogens is 2. The van der Waals surface area contributed by atoms with Crippen LogP contribution in [0.4, 0.5) is 21.8 Å². The van der Waals surface area contributed by atoms with Crippen molar-refractivity contribution in [1.82, 2.24) is 19.9 Å². The summed E-state index contributed by atoms with van der Waals surface area (Å²) in [5.74, 6) is 0.353. The fraction of sp³-hybridized carbons (Fsp3) is 0.154. The predicted molar refractivity (Wildman–Crippen MR) is 80.5 cm³/mol. The van der Waals surface area contributed by atoms with Gasteiger partial charge in [0.25, 0.3) is 0 Å². The lowest BCUT2D eigenvalue weighted by atomic mass is 10.3. The van der Waals surface area contributed by atoms with E-state index in [1.54, 1.807) is 12.1 Å². The first-order valence-electron chi connectivity index (χ1n) is 6.35. The Balaban J connectivity index is 2.09. The van der Waals surface area contributed by atoms with Gasteiger partial charge in [-0.15, -0.1) is 0 Å². The number of imidazole rings is 1. The van der Waals surface area contributed by atoms with Gasteiger partial charge in [0.05, 0.1) is 17.0 Å². The van der Waals surface area contributed by atoms with Crippen LogP contribution in [0, 0.1) is 5.82 Å². The summed E-state index contributed by atoms with van der Waals surface area (Å²) in [6.07, 6.45) is 1.50. The number of hydrogen-bond donors (Lipinski definition) is 3. The highest BCUT2D eigenvalue weighted by Gasteiger charge is 2.13. The topological polar surface area (TPSA) is 78.5 Å². The molecular weight excluding hydrogens is 295 g/mol. The number of benzene rings is 1. The number of anilines is 3.